The minimum atomic E-state index is -0.631. The maximum absolute atomic E-state index is 12.4. The Hall–Kier alpha value is -2.09. The van der Waals surface area contributed by atoms with E-state index in [1.165, 1.54) is 18.3 Å². The molecule has 2 rings (SSSR count). The van der Waals surface area contributed by atoms with Gasteiger partial charge < -0.3 is 14.4 Å². The standard InChI is InChI=1S/C14H19ClN4O4/c1-14(2,3)23-13(21)19-8-18(6-5-9(20)22-4)10-11(15)16-7-17-12(10)19/h7H,5-6,8H2,1-4H3. The van der Waals surface area contributed by atoms with Gasteiger partial charge >= 0.3 is 12.1 Å². The summed E-state index contributed by atoms with van der Waals surface area (Å²) in [6, 6.07) is 0. The van der Waals surface area contributed by atoms with E-state index in [2.05, 4.69) is 14.7 Å². The molecule has 0 aliphatic carbocycles. The van der Waals surface area contributed by atoms with Gasteiger partial charge in [-0.1, -0.05) is 11.6 Å². The average Bonchev–Trinajstić information content (AvgIpc) is 2.83. The fourth-order valence-electron chi connectivity index (χ4n) is 2.10. The Morgan fingerprint density at radius 1 is 1.35 bits per heavy atom. The minimum Gasteiger partial charge on any atom is -0.469 e. The highest BCUT2D eigenvalue weighted by Gasteiger charge is 2.36. The second kappa shape index (κ2) is 6.57. The number of amides is 1. The van der Waals surface area contributed by atoms with Crippen molar-refractivity contribution < 1.29 is 19.1 Å². The third kappa shape index (κ3) is 4.01. The van der Waals surface area contributed by atoms with E-state index < -0.39 is 11.7 Å². The molecule has 0 radical (unpaired) electrons. The number of carbonyl (C=O) groups excluding carboxylic acids is 2. The van der Waals surface area contributed by atoms with Gasteiger partial charge in [-0.3, -0.25) is 4.79 Å². The number of halogens is 1. The van der Waals surface area contributed by atoms with Gasteiger partial charge in [0, 0.05) is 6.54 Å². The fourth-order valence-corrected chi connectivity index (χ4v) is 2.35. The molecule has 0 bridgehead atoms. The van der Waals surface area contributed by atoms with E-state index >= 15 is 0 Å². The van der Waals surface area contributed by atoms with Crippen molar-refractivity contribution in [1.29, 1.82) is 0 Å². The number of nitrogens with zero attached hydrogens (tertiary/aromatic N) is 4. The molecule has 126 valence electrons. The van der Waals surface area contributed by atoms with Crippen molar-refractivity contribution in [2.45, 2.75) is 32.8 Å². The number of fused-ring (bicyclic) bond motifs is 1. The van der Waals surface area contributed by atoms with Crippen molar-refractivity contribution in [3.8, 4) is 0 Å². The molecule has 23 heavy (non-hydrogen) atoms. The number of aromatic nitrogens is 2. The van der Waals surface area contributed by atoms with Gasteiger partial charge in [-0.25, -0.2) is 19.7 Å². The van der Waals surface area contributed by atoms with Crippen LogP contribution in [0.1, 0.15) is 27.2 Å². The van der Waals surface area contributed by atoms with Crippen molar-refractivity contribution in [2.75, 3.05) is 30.1 Å². The molecule has 9 heteroatoms. The highest BCUT2D eigenvalue weighted by Crippen LogP contribution is 2.39. The summed E-state index contributed by atoms with van der Waals surface area (Å²) in [6.07, 6.45) is 0.903. The number of hydrogen-bond acceptors (Lipinski definition) is 7. The molecular weight excluding hydrogens is 324 g/mol. The predicted molar refractivity (Wildman–Crippen MR) is 84.6 cm³/mol. The first-order valence-electron chi connectivity index (χ1n) is 7.05. The Labute approximate surface area is 139 Å². The molecule has 0 atom stereocenters. The normalized spacial score (nSPS) is 13.8. The molecule has 1 aromatic rings. The van der Waals surface area contributed by atoms with Crippen molar-refractivity contribution in [1.82, 2.24) is 9.97 Å². The first-order chi connectivity index (χ1) is 10.7. The average molecular weight is 343 g/mol. The lowest BCUT2D eigenvalue weighted by Crippen LogP contribution is -2.40. The van der Waals surface area contributed by atoms with Crippen LogP contribution in [0, 0.1) is 0 Å². The van der Waals surface area contributed by atoms with E-state index in [4.69, 9.17) is 16.3 Å². The summed E-state index contributed by atoms with van der Waals surface area (Å²) in [4.78, 5) is 34.9. The van der Waals surface area contributed by atoms with Gasteiger partial charge in [-0.05, 0) is 20.8 Å². The SMILES string of the molecule is COC(=O)CCN1CN(C(=O)OC(C)(C)C)c2ncnc(Cl)c21. The van der Waals surface area contributed by atoms with Crippen molar-refractivity contribution >= 4 is 35.2 Å². The van der Waals surface area contributed by atoms with Gasteiger partial charge in [0.25, 0.3) is 0 Å². The molecule has 0 aromatic carbocycles. The third-order valence-corrected chi connectivity index (χ3v) is 3.35. The largest absolute Gasteiger partial charge is 0.469 e. The number of carbonyl (C=O) groups is 2. The Morgan fingerprint density at radius 2 is 2.04 bits per heavy atom. The van der Waals surface area contributed by atoms with Gasteiger partial charge in [-0.2, -0.15) is 0 Å². The predicted octanol–water partition coefficient (Wildman–Crippen LogP) is 2.21. The highest BCUT2D eigenvalue weighted by molar-refractivity contribution is 6.33. The Balaban J connectivity index is 2.23. The Kier molecular flexibility index (Phi) is 4.93. The lowest BCUT2D eigenvalue weighted by atomic mass is 10.2. The maximum Gasteiger partial charge on any atom is 0.417 e. The molecule has 0 fully saturated rings. The van der Waals surface area contributed by atoms with E-state index in [1.54, 1.807) is 25.7 Å². The molecule has 8 nitrogen and oxygen atoms in total. The Morgan fingerprint density at radius 3 is 2.65 bits per heavy atom. The van der Waals surface area contributed by atoms with Crippen molar-refractivity contribution in [2.24, 2.45) is 0 Å². The summed E-state index contributed by atoms with van der Waals surface area (Å²) in [5, 5.41) is 0.214. The summed E-state index contributed by atoms with van der Waals surface area (Å²) in [5.74, 6) is 0.0133. The summed E-state index contributed by atoms with van der Waals surface area (Å²) < 4.78 is 10.0. The lowest BCUT2D eigenvalue weighted by molar-refractivity contribution is -0.140. The molecule has 0 spiro atoms. The molecule has 1 aromatic heterocycles. The van der Waals surface area contributed by atoms with Crippen LogP contribution in [0.4, 0.5) is 16.3 Å². The second-order valence-electron chi connectivity index (χ2n) is 5.98. The van der Waals surface area contributed by atoms with Crippen LogP contribution < -0.4 is 9.80 Å². The van der Waals surface area contributed by atoms with Crippen LogP contribution >= 0.6 is 11.6 Å². The fraction of sp³-hybridized carbons (Fsp3) is 0.571. The van der Waals surface area contributed by atoms with Crippen LogP contribution in [0.3, 0.4) is 0 Å². The highest BCUT2D eigenvalue weighted by atomic mass is 35.5. The summed E-state index contributed by atoms with van der Waals surface area (Å²) in [7, 11) is 1.32. The number of methoxy groups -OCH3 is 1. The first-order valence-corrected chi connectivity index (χ1v) is 7.43. The summed E-state index contributed by atoms with van der Waals surface area (Å²) in [5.41, 5.74) is -0.128. The van der Waals surface area contributed by atoms with E-state index in [0.29, 0.717) is 18.1 Å². The zero-order valence-corrected chi connectivity index (χ0v) is 14.3. The number of hydrogen-bond donors (Lipinski definition) is 0. The van der Waals surface area contributed by atoms with Crippen LogP contribution in [-0.4, -0.2) is 48.0 Å². The minimum absolute atomic E-state index is 0.156. The topological polar surface area (TPSA) is 84.9 Å². The number of anilines is 2. The quantitative estimate of drug-likeness (QED) is 0.615. The molecule has 0 unspecified atom stereocenters. The summed E-state index contributed by atoms with van der Waals surface area (Å²) >= 11 is 6.13. The molecule has 1 aliphatic rings. The Bertz CT molecular complexity index is 617. The van der Waals surface area contributed by atoms with Crippen LogP contribution in [0.15, 0.2) is 6.33 Å². The zero-order chi connectivity index (χ0) is 17.2. The second-order valence-corrected chi connectivity index (χ2v) is 6.33. The van der Waals surface area contributed by atoms with Crippen LogP contribution in [0.2, 0.25) is 5.15 Å². The van der Waals surface area contributed by atoms with E-state index in [-0.39, 0.29) is 24.2 Å². The number of rotatable bonds is 3. The summed E-state index contributed by atoms with van der Waals surface area (Å²) in [6.45, 7) is 5.85. The van der Waals surface area contributed by atoms with Crippen LogP contribution in [0.5, 0.6) is 0 Å². The van der Waals surface area contributed by atoms with E-state index in [0.717, 1.165) is 0 Å². The monoisotopic (exact) mass is 342 g/mol. The number of ether oxygens (including phenoxy) is 2. The molecule has 1 aliphatic heterocycles. The van der Waals surface area contributed by atoms with Gasteiger partial charge in [-0.15, -0.1) is 0 Å². The third-order valence-electron chi connectivity index (χ3n) is 3.07. The maximum atomic E-state index is 12.4. The van der Waals surface area contributed by atoms with Gasteiger partial charge in [0.1, 0.15) is 24.3 Å². The molecule has 0 saturated carbocycles. The molecule has 1 amide bonds. The van der Waals surface area contributed by atoms with Gasteiger partial charge in [0.2, 0.25) is 0 Å². The van der Waals surface area contributed by atoms with E-state index in [1.807, 2.05) is 0 Å². The zero-order valence-electron chi connectivity index (χ0n) is 13.5. The molecule has 0 N–H and O–H groups in total. The van der Waals surface area contributed by atoms with Gasteiger partial charge in [0.15, 0.2) is 11.0 Å². The number of esters is 1. The van der Waals surface area contributed by atoms with Crippen molar-refractivity contribution in [3.63, 3.8) is 0 Å². The first kappa shape index (κ1) is 17.3. The lowest BCUT2D eigenvalue weighted by Gasteiger charge is -2.24. The smallest absolute Gasteiger partial charge is 0.417 e. The molecular formula is C14H19ClN4O4. The van der Waals surface area contributed by atoms with Crippen LogP contribution in [0.25, 0.3) is 0 Å². The molecule has 2 heterocycles. The van der Waals surface area contributed by atoms with Crippen LogP contribution in [-0.2, 0) is 14.3 Å². The van der Waals surface area contributed by atoms with Crippen molar-refractivity contribution in [3.05, 3.63) is 11.5 Å². The molecule has 0 saturated heterocycles. The van der Waals surface area contributed by atoms with E-state index in [9.17, 15) is 9.59 Å². The van der Waals surface area contributed by atoms with Gasteiger partial charge in [0.05, 0.1) is 13.5 Å².